The van der Waals surface area contributed by atoms with Crippen LogP contribution in [0.2, 0.25) is 0 Å². The number of hydrogen-bond donors (Lipinski definition) is 1. The van der Waals surface area contributed by atoms with Gasteiger partial charge in [-0.15, -0.1) is 0 Å². The minimum atomic E-state index is -0.426. The van der Waals surface area contributed by atoms with E-state index in [1.165, 1.54) is 6.20 Å². The largest absolute Gasteiger partial charge is 0.330 e. The molecule has 14 heavy (non-hydrogen) atoms. The Morgan fingerprint density at radius 3 is 2.71 bits per heavy atom. The van der Waals surface area contributed by atoms with E-state index in [1.54, 1.807) is 12.1 Å². The molecule has 0 saturated carbocycles. The highest BCUT2D eigenvalue weighted by Crippen LogP contribution is 2.16. The molecule has 72 valence electrons. The molecule has 5 nitrogen and oxygen atoms in total. The van der Waals surface area contributed by atoms with Crippen molar-refractivity contribution >= 4 is 33.7 Å². The third-order valence-electron chi connectivity index (χ3n) is 1.78. The zero-order valence-electron chi connectivity index (χ0n) is 7.03. The van der Waals surface area contributed by atoms with E-state index in [-0.39, 0.29) is 12.5 Å². The number of nitrogens with zero attached hydrogens (tertiary/aromatic N) is 2. The fraction of sp³-hybridized carbons (Fsp3) is 0.125. The first-order valence-corrected chi connectivity index (χ1v) is 4.70. The summed E-state index contributed by atoms with van der Waals surface area (Å²) >= 11 is 3.22. The fourth-order valence-electron chi connectivity index (χ4n) is 1.15. The summed E-state index contributed by atoms with van der Waals surface area (Å²) in [5.74, 6) is 0.0537. The standard InChI is InChI=1S/C8H6BrN3O2/c9-5-1-2-6(10-3-5)12-7(13)4-11-8(12)14/h1-3H,4H2,(H,11,14). The number of carbonyl (C=O) groups excluding carboxylic acids is 2. The first-order chi connectivity index (χ1) is 6.68. The van der Waals surface area contributed by atoms with Crippen molar-refractivity contribution in [2.45, 2.75) is 0 Å². The van der Waals surface area contributed by atoms with Crippen LogP contribution < -0.4 is 10.2 Å². The normalized spacial score (nSPS) is 15.9. The van der Waals surface area contributed by atoms with Gasteiger partial charge in [-0.25, -0.2) is 14.7 Å². The van der Waals surface area contributed by atoms with Crippen LogP contribution in [-0.2, 0) is 4.79 Å². The molecular formula is C8H6BrN3O2. The highest BCUT2D eigenvalue weighted by atomic mass is 79.9. The third kappa shape index (κ3) is 1.48. The smallest absolute Gasteiger partial charge is 0.328 e. The number of nitrogens with one attached hydrogen (secondary N) is 1. The van der Waals surface area contributed by atoms with Gasteiger partial charge in [0.05, 0.1) is 6.54 Å². The predicted octanol–water partition coefficient (Wildman–Crippen LogP) is 0.900. The molecule has 1 N–H and O–H groups in total. The molecule has 2 rings (SSSR count). The van der Waals surface area contributed by atoms with E-state index in [1.807, 2.05) is 0 Å². The molecule has 1 saturated heterocycles. The second-order valence-corrected chi connectivity index (χ2v) is 3.64. The van der Waals surface area contributed by atoms with Gasteiger partial charge in [-0.1, -0.05) is 0 Å². The van der Waals surface area contributed by atoms with Crippen LogP contribution in [0.5, 0.6) is 0 Å². The molecule has 1 aliphatic heterocycles. The third-order valence-corrected chi connectivity index (χ3v) is 2.25. The topological polar surface area (TPSA) is 62.3 Å². The van der Waals surface area contributed by atoms with Crippen LogP contribution in [0.15, 0.2) is 22.8 Å². The van der Waals surface area contributed by atoms with Gasteiger partial charge in [-0.2, -0.15) is 0 Å². The van der Waals surface area contributed by atoms with Gasteiger partial charge in [0.1, 0.15) is 5.82 Å². The van der Waals surface area contributed by atoms with Crippen molar-refractivity contribution in [2.24, 2.45) is 0 Å². The summed E-state index contributed by atoms with van der Waals surface area (Å²) in [5.41, 5.74) is 0. The molecule has 0 aliphatic carbocycles. The van der Waals surface area contributed by atoms with Gasteiger partial charge in [-0.05, 0) is 28.1 Å². The van der Waals surface area contributed by atoms with Gasteiger partial charge in [-0.3, -0.25) is 4.79 Å². The Balaban J connectivity index is 2.34. The number of hydrogen-bond acceptors (Lipinski definition) is 3. The second kappa shape index (κ2) is 3.38. The van der Waals surface area contributed by atoms with Crippen LogP contribution in [0.1, 0.15) is 0 Å². The summed E-state index contributed by atoms with van der Waals surface area (Å²) in [4.78, 5) is 27.5. The Labute approximate surface area is 88.2 Å². The van der Waals surface area contributed by atoms with Crippen molar-refractivity contribution in [1.29, 1.82) is 0 Å². The number of halogens is 1. The zero-order chi connectivity index (χ0) is 10.1. The summed E-state index contributed by atoms with van der Waals surface area (Å²) in [7, 11) is 0. The molecule has 0 aromatic carbocycles. The predicted molar refractivity (Wildman–Crippen MR) is 52.8 cm³/mol. The van der Waals surface area contributed by atoms with Crippen molar-refractivity contribution in [1.82, 2.24) is 10.3 Å². The number of anilines is 1. The summed E-state index contributed by atoms with van der Waals surface area (Å²) in [5, 5.41) is 2.42. The van der Waals surface area contributed by atoms with Crippen LogP contribution in [0.25, 0.3) is 0 Å². The lowest BCUT2D eigenvalue weighted by Gasteiger charge is -2.10. The molecular weight excluding hydrogens is 250 g/mol. The zero-order valence-corrected chi connectivity index (χ0v) is 8.61. The van der Waals surface area contributed by atoms with Crippen LogP contribution in [0.4, 0.5) is 10.6 Å². The minimum Gasteiger partial charge on any atom is -0.328 e. The maximum Gasteiger partial charge on any atom is 0.330 e. The Bertz CT molecular complexity index is 374. The number of imide groups is 1. The van der Waals surface area contributed by atoms with Gasteiger partial charge in [0, 0.05) is 10.7 Å². The molecule has 0 unspecified atom stereocenters. The van der Waals surface area contributed by atoms with Crippen LogP contribution in [0, 0.1) is 0 Å². The SMILES string of the molecule is O=C1CNC(=O)N1c1ccc(Br)cn1. The molecule has 3 amide bonds. The molecule has 0 bridgehead atoms. The van der Waals surface area contributed by atoms with Gasteiger partial charge < -0.3 is 5.32 Å². The number of aromatic nitrogens is 1. The first kappa shape index (κ1) is 9.14. The molecule has 0 atom stereocenters. The summed E-state index contributed by atoms with van der Waals surface area (Å²) < 4.78 is 0.799. The van der Waals surface area contributed by atoms with Crippen molar-refractivity contribution in [3.05, 3.63) is 22.8 Å². The molecule has 1 aromatic rings. The molecule has 1 aliphatic rings. The average Bonchev–Trinajstić information content (AvgIpc) is 2.49. The number of amides is 3. The lowest BCUT2D eigenvalue weighted by atomic mass is 10.4. The van der Waals surface area contributed by atoms with Gasteiger partial charge in [0.25, 0.3) is 5.91 Å². The average molecular weight is 256 g/mol. The maximum atomic E-state index is 11.3. The summed E-state index contributed by atoms with van der Waals surface area (Å²) in [6.07, 6.45) is 1.54. The number of carbonyl (C=O) groups is 2. The van der Waals surface area contributed by atoms with Crippen LogP contribution >= 0.6 is 15.9 Å². The Morgan fingerprint density at radius 2 is 2.21 bits per heavy atom. The van der Waals surface area contributed by atoms with E-state index in [0.717, 1.165) is 9.37 Å². The number of urea groups is 1. The van der Waals surface area contributed by atoms with Crippen molar-refractivity contribution < 1.29 is 9.59 Å². The second-order valence-electron chi connectivity index (χ2n) is 2.72. The van der Waals surface area contributed by atoms with E-state index in [0.29, 0.717) is 5.82 Å². The molecule has 2 heterocycles. The van der Waals surface area contributed by atoms with E-state index >= 15 is 0 Å². The summed E-state index contributed by atoms with van der Waals surface area (Å²) in [6.45, 7) is 0.0383. The van der Waals surface area contributed by atoms with Crippen molar-refractivity contribution in [3.8, 4) is 0 Å². The first-order valence-electron chi connectivity index (χ1n) is 3.91. The van der Waals surface area contributed by atoms with Gasteiger partial charge >= 0.3 is 6.03 Å². The van der Waals surface area contributed by atoms with E-state index in [4.69, 9.17) is 0 Å². The molecule has 0 spiro atoms. The fourth-order valence-corrected chi connectivity index (χ4v) is 1.39. The number of rotatable bonds is 1. The maximum absolute atomic E-state index is 11.3. The monoisotopic (exact) mass is 255 g/mol. The Kier molecular flexibility index (Phi) is 2.20. The molecule has 0 radical (unpaired) electrons. The van der Waals surface area contributed by atoms with Crippen molar-refractivity contribution in [2.75, 3.05) is 11.4 Å². The summed E-state index contributed by atoms with van der Waals surface area (Å²) in [6, 6.07) is 2.90. The van der Waals surface area contributed by atoms with Gasteiger partial charge in [0.2, 0.25) is 0 Å². The van der Waals surface area contributed by atoms with Gasteiger partial charge in [0.15, 0.2) is 0 Å². The quantitative estimate of drug-likeness (QED) is 0.759. The van der Waals surface area contributed by atoms with E-state index in [9.17, 15) is 9.59 Å². The highest BCUT2D eigenvalue weighted by Gasteiger charge is 2.30. The van der Waals surface area contributed by atoms with E-state index < -0.39 is 6.03 Å². The molecule has 6 heteroatoms. The van der Waals surface area contributed by atoms with Crippen LogP contribution in [-0.4, -0.2) is 23.5 Å². The van der Waals surface area contributed by atoms with Crippen molar-refractivity contribution in [3.63, 3.8) is 0 Å². The highest BCUT2D eigenvalue weighted by molar-refractivity contribution is 9.10. The molecule has 1 fully saturated rings. The lowest BCUT2D eigenvalue weighted by Crippen LogP contribution is -2.31. The van der Waals surface area contributed by atoms with E-state index in [2.05, 4.69) is 26.2 Å². The van der Waals surface area contributed by atoms with Crippen LogP contribution in [0.3, 0.4) is 0 Å². The molecule has 1 aromatic heterocycles. The Hall–Kier alpha value is -1.43. The Morgan fingerprint density at radius 1 is 1.43 bits per heavy atom. The lowest BCUT2D eigenvalue weighted by molar-refractivity contribution is -0.115. The number of pyridine rings is 1. The minimum absolute atomic E-state index is 0.0383.